The molecule has 0 spiro atoms. The zero-order valence-electron chi connectivity index (χ0n) is 12.2. The van der Waals surface area contributed by atoms with Crippen LogP contribution in [0.3, 0.4) is 0 Å². The summed E-state index contributed by atoms with van der Waals surface area (Å²) in [4.78, 5) is 29.2. The van der Waals surface area contributed by atoms with Crippen LogP contribution in [0.5, 0.6) is 0 Å². The third-order valence-corrected chi connectivity index (χ3v) is 4.58. The van der Waals surface area contributed by atoms with Gasteiger partial charge in [0.15, 0.2) is 0 Å². The second-order valence-electron chi connectivity index (χ2n) is 5.03. The highest BCUT2D eigenvalue weighted by Gasteiger charge is 2.33. The summed E-state index contributed by atoms with van der Waals surface area (Å²) >= 11 is 1.47. The number of rotatable bonds is 6. The lowest BCUT2D eigenvalue weighted by atomic mass is 10.2. The fraction of sp³-hybridized carbons (Fsp3) is 0.643. The Bertz CT molecular complexity index is 517. The number of carboxylic acids is 1. The molecule has 1 amide bonds. The van der Waals surface area contributed by atoms with Gasteiger partial charge in [0.1, 0.15) is 17.2 Å². The van der Waals surface area contributed by atoms with Gasteiger partial charge in [0.05, 0.1) is 12.1 Å². The van der Waals surface area contributed by atoms with Gasteiger partial charge in [-0.25, -0.2) is 9.78 Å². The molecule has 0 aliphatic carbocycles. The first-order chi connectivity index (χ1) is 10.0. The largest absolute Gasteiger partial charge is 0.480 e. The topological polar surface area (TPSA) is 79.7 Å². The molecule has 2 rings (SSSR count). The summed E-state index contributed by atoms with van der Waals surface area (Å²) in [5, 5.41) is 11.8. The van der Waals surface area contributed by atoms with Crippen LogP contribution < -0.4 is 0 Å². The van der Waals surface area contributed by atoms with Gasteiger partial charge in [-0.15, -0.1) is 11.3 Å². The number of thiazole rings is 1. The summed E-state index contributed by atoms with van der Waals surface area (Å²) < 4.78 is 5.47. The number of likely N-dealkylation sites (tertiary alicyclic amines) is 1. The number of hydrogen-bond acceptors (Lipinski definition) is 5. The van der Waals surface area contributed by atoms with Gasteiger partial charge in [0, 0.05) is 18.5 Å². The summed E-state index contributed by atoms with van der Waals surface area (Å²) in [5.41, 5.74) is 0.683. The summed E-state index contributed by atoms with van der Waals surface area (Å²) in [6.45, 7) is 4.98. The fourth-order valence-corrected chi connectivity index (χ4v) is 3.31. The molecule has 0 bridgehead atoms. The van der Waals surface area contributed by atoms with E-state index in [2.05, 4.69) is 4.98 Å². The molecule has 1 aromatic heterocycles. The Kier molecular flexibility index (Phi) is 5.30. The highest BCUT2D eigenvalue weighted by molar-refractivity contribution is 7.09. The van der Waals surface area contributed by atoms with Gasteiger partial charge in [-0.3, -0.25) is 4.79 Å². The molecule has 1 aliphatic heterocycles. The van der Waals surface area contributed by atoms with E-state index in [4.69, 9.17) is 9.84 Å². The van der Waals surface area contributed by atoms with Crippen LogP contribution in [0.15, 0.2) is 5.38 Å². The molecule has 21 heavy (non-hydrogen) atoms. The smallest absolute Gasteiger partial charge is 0.326 e. The molecule has 0 saturated carbocycles. The number of carbonyl (C=O) groups excluding carboxylic acids is 1. The molecule has 1 aromatic rings. The van der Waals surface area contributed by atoms with Gasteiger partial charge < -0.3 is 14.7 Å². The van der Waals surface area contributed by atoms with Gasteiger partial charge in [-0.1, -0.05) is 0 Å². The standard InChI is InChI=1S/C14H20N2O4S/c1-3-20-9(2)13-15-10(8-21-13)7-12(17)16-6-4-5-11(16)14(18)19/h8-9,11H,3-7H2,1-2H3,(H,18,19)/t9-,11+/m0/s1. The number of carboxylic acid groups (broad SMARTS) is 1. The SMILES string of the molecule is CCO[C@@H](C)c1nc(CC(=O)N2CCC[C@@H]2C(=O)O)cs1. The highest BCUT2D eigenvalue weighted by atomic mass is 32.1. The van der Waals surface area contributed by atoms with Crippen molar-refractivity contribution in [2.24, 2.45) is 0 Å². The van der Waals surface area contributed by atoms with E-state index in [1.807, 2.05) is 19.2 Å². The number of aromatic nitrogens is 1. The van der Waals surface area contributed by atoms with Crippen LogP contribution in [0.2, 0.25) is 0 Å². The van der Waals surface area contributed by atoms with Gasteiger partial charge in [-0.2, -0.15) is 0 Å². The average Bonchev–Trinajstić information content (AvgIpc) is 3.07. The first kappa shape index (κ1) is 15.9. The Morgan fingerprint density at radius 2 is 2.38 bits per heavy atom. The van der Waals surface area contributed by atoms with E-state index < -0.39 is 12.0 Å². The van der Waals surface area contributed by atoms with Crippen LogP contribution >= 0.6 is 11.3 Å². The van der Waals surface area contributed by atoms with Crippen molar-refractivity contribution in [1.29, 1.82) is 0 Å². The first-order valence-corrected chi connectivity index (χ1v) is 7.99. The lowest BCUT2D eigenvalue weighted by Crippen LogP contribution is -2.41. The minimum Gasteiger partial charge on any atom is -0.480 e. The van der Waals surface area contributed by atoms with Crippen molar-refractivity contribution in [2.75, 3.05) is 13.2 Å². The van der Waals surface area contributed by atoms with E-state index >= 15 is 0 Å². The molecular formula is C14H20N2O4S. The molecule has 0 radical (unpaired) electrons. The second-order valence-corrected chi connectivity index (χ2v) is 5.92. The van der Waals surface area contributed by atoms with Crippen LogP contribution in [-0.4, -0.2) is 46.1 Å². The normalized spacial score (nSPS) is 19.7. The molecule has 1 saturated heterocycles. The first-order valence-electron chi connectivity index (χ1n) is 7.11. The monoisotopic (exact) mass is 312 g/mol. The number of ether oxygens (including phenoxy) is 1. The van der Waals surface area contributed by atoms with E-state index in [0.29, 0.717) is 25.3 Å². The maximum absolute atomic E-state index is 12.2. The molecule has 0 aromatic carbocycles. The molecule has 1 aliphatic rings. The van der Waals surface area contributed by atoms with Crippen molar-refractivity contribution in [3.63, 3.8) is 0 Å². The maximum atomic E-state index is 12.2. The van der Waals surface area contributed by atoms with Gasteiger partial charge in [-0.05, 0) is 26.7 Å². The van der Waals surface area contributed by atoms with Crippen molar-refractivity contribution in [2.45, 2.75) is 45.3 Å². The number of carbonyl (C=O) groups is 2. The van der Waals surface area contributed by atoms with Crippen LogP contribution in [0.25, 0.3) is 0 Å². The van der Waals surface area contributed by atoms with Crippen LogP contribution in [0.4, 0.5) is 0 Å². The lowest BCUT2D eigenvalue weighted by molar-refractivity contribution is -0.148. The predicted octanol–water partition coefficient (Wildman–Crippen LogP) is 1.86. The van der Waals surface area contributed by atoms with Gasteiger partial charge >= 0.3 is 5.97 Å². The highest BCUT2D eigenvalue weighted by Crippen LogP contribution is 2.23. The predicted molar refractivity (Wildman–Crippen MR) is 78.2 cm³/mol. The summed E-state index contributed by atoms with van der Waals surface area (Å²) in [6.07, 6.45) is 1.35. The Labute approximate surface area is 127 Å². The molecule has 1 fully saturated rings. The Hall–Kier alpha value is -1.47. The van der Waals surface area contributed by atoms with E-state index in [0.717, 1.165) is 11.4 Å². The van der Waals surface area contributed by atoms with E-state index in [1.54, 1.807) is 0 Å². The van der Waals surface area contributed by atoms with E-state index in [1.165, 1.54) is 16.2 Å². The van der Waals surface area contributed by atoms with E-state index in [9.17, 15) is 9.59 Å². The summed E-state index contributed by atoms with van der Waals surface area (Å²) in [5.74, 6) is -1.09. The minimum atomic E-state index is -0.926. The van der Waals surface area contributed by atoms with E-state index in [-0.39, 0.29) is 18.4 Å². The van der Waals surface area contributed by atoms with Crippen LogP contribution in [0.1, 0.15) is 43.5 Å². The Morgan fingerprint density at radius 1 is 1.62 bits per heavy atom. The lowest BCUT2D eigenvalue weighted by Gasteiger charge is -2.20. The zero-order chi connectivity index (χ0) is 15.4. The molecule has 116 valence electrons. The summed E-state index contributed by atoms with van der Waals surface area (Å²) in [7, 11) is 0. The Morgan fingerprint density at radius 3 is 3.05 bits per heavy atom. The van der Waals surface area contributed by atoms with Crippen molar-refractivity contribution in [3.05, 3.63) is 16.1 Å². The Balaban J connectivity index is 1.98. The number of nitrogens with zero attached hydrogens (tertiary/aromatic N) is 2. The molecular weight excluding hydrogens is 292 g/mol. The molecule has 7 heteroatoms. The summed E-state index contributed by atoms with van der Waals surface area (Å²) in [6, 6.07) is -0.682. The van der Waals surface area contributed by atoms with Crippen molar-refractivity contribution in [3.8, 4) is 0 Å². The van der Waals surface area contributed by atoms with Crippen LogP contribution in [0, 0.1) is 0 Å². The number of hydrogen-bond donors (Lipinski definition) is 1. The third kappa shape index (κ3) is 3.79. The van der Waals surface area contributed by atoms with Gasteiger partial charge in [0.2, 0.25) is 5.91 Å². The van der Waals surface area contributed by atoms with Crippen molar-refractivity contribution >= 4 is 23.2 Å². The van der Waals surface area contributed by atoms with Crippen LogP contribution in [-0.2, 0) is 20.7 Å². The quantitative estimate of drug-likeness (QED) is 0.867. The molecule has 0 unspecified atom stereocenters. The number of amides is 1. The van der Waals surface area contributed by atoms with Gasteiger partial charge in [0.25, 0.3) is 0 Å². The molecule has 2 atom stereocenters. The second kappa shape index (κ2) is 7.00. The third-order valence-electron chi connectivity index (χ3n) is 3.52. The molecule has 1 N–H and O–H groups in total. The fourth-order valence-electron chi connectivity index (χ4n) is 2.49. The molecule has 6 nitrogen and oxygen atoms in total. The van der Waals surface area contributed by atoms with Crippen molar-refractivity contribution in [1.82, 2.24) is 9.88 Å². The zero-order valence-corrected chi connectivity index (χ0v) is 13.1. The molecule has 2 heterocycles. The maximum Gasteiger partial charge on any atom is 0.326 e. The average molecular weight is 312 g/mol. The van der Waals surface area contributed by atoms with Crippen molar-refractivity contribution < 1.29 is 19.4 Å². The minimum absolute atomic E-state index is 0.0811. The number of aliphatic carboxylic acids is 1.